The molecular formula is C26H49N5O2. The zero-order chi connectivity index (χ0) is 25.9. The number of unbranched alkanes of at least 4 members (excludes halogenated alkanes) is 1. The van der Waals surface area contributed by atoms with Crippen LogP contribution in [0.1, 0.15) is 92.5 Å². The molecule has 1 heterocycles. The van der Waals surface area contributed by atoms with Crippen LogP contribution >= 0.6 is 0 Å². The number of carbonyl (C=O) groups excluding carboxylic acids is 1. The zero-order valence-corrected chi connectivity index (χ0v) is 23.1. The number of ether oxygens (including phenoxy) is 1. The molecule has 33 heavy (non-hydrogen) atoms. The summed E-state index contributed by atoms with van der Waals surface area (Å²) in [5.41, 5.74) is 0.349. The summed E-state index contributed by atoms with van der Waals surface area (Å²) < 4.78 is 5.36. The Balaban J connectivity index is 0. The van der Waals surface area contributed by atoms with E-state index in [9.17, 15) is 4.79 Å². The van der Waals surface area contributed by atoms with Crippen molar-refractivity contribution >= 4 is 11.9 Å². The summed E-state index contributed by atoms with van der Waals surface area (Å²) in [5.74, 6) is 7.91. The first-order valence-corrected chi connectivity index (χ1v) is 12.2. The summed E-state index contributed by atoms with van der Waals surface area (Å²) in [5, 5.41) is 3.30. The molecule has 1 N–H and O–H groups in total. The quantitative estimate of drug-likeness (QED) is 0.292. The predicted octanol–water partition coefficient (Wildman–Crippen LogP) is 5.94. The van der Waals surface area contributed by atoms with Gasteiger partial charge in [-0.15, -0.1) is 0 Å². The van der Waals surface area contributed by atoms with Crippen LogP contribution in [0.4, 0.5) is 10.6 Å². The molecule has 0 bridgehead atoms. The minimum absolute atomic E-state index is 0.314. The highest BCUT2D eigenvalue weighted by atomic mass is 16.6. The highest BCUT2D eigenvalue weighted by Gasteiger charge is 2.20. The molecule has 1 amide bonds. The van der Waals surface area contributed by atoms with Crippen LogP contribution in [0.3, 0.4) is 0 Å². The SMILES string of the molecule is CC.CCC.CCCNc1nc(C)ncc1C#CCCCN(C)CN(C)C(=O)OC(C)(C)C. The average molecular weight is 464 g/mol. The lowest BCUT2D eigenvalue weighted by atomic mass is 10.2. The van der Waals surface area contributed by atoms with E-state index in [1.54, 1.807) is 18.1 Å². The average Bonchev–Trinajstić information content (AvgIpc) is 2.74. The maximum absolute atomic E-state index is 12.0. The van der Waals surface area contributed by atoms with E-state index in [4.69, 9.17) is 4.74 Å². The first kappa shape index (κ1) is 32.8. The monoisotopic (exact) mass is 463 g/mol. The van der Waals surface area contributed by atoms with Gasteiger partial charge in [-0.2, -0.15) is 0 Å². The van der Waals surface area contributed by atoms with Gasteiger partial charge in [0.15, 0.2) is 0 Å². The Kier molecular flexibility index (Phi) is 19.1. The van der Waals surface area contributed by atoms with E-state index >= 15 is 0 Å². The summed E-state index contributed by atoms with van der Waals surface area (Å²) in [6.07, 6.45) is 5.41. The number of amides is 1. The van der Waals surface area contributed by atoms with Crippen molar-refractivity contribution in [1.29, 1.82) is 0 Å². The number of hydrogen-bond donors (Lipinski definition) is 1. The smallest absolute Gasteiger partial charge is 0.411 e. The number of nitrogens with zero attached hydrogens (tertiary/aromatic N) is 4. The third-order valence-electron chi connectivity index (χ3n) is 3.68. The van der Waals surface area contributed by atoms with Crippen LogP contribution < -0.4 is 5.32 Å². The Morgan fingerprint density at radius 1 is 1.18 bits per heavy atom. The van der Waals surface area contributed by atoms with Gasteiger partial charge in [0.1, 0.15) is 17.2 Å². The predicted molar refractivity (Wildman–Crippen MR) is 140 cm³/mol. The van der Waals surface area contributed by atoms with E-state index in [0.29, 0.717) is 6.67 Å². The molecular weight excluding hydrogens is 414 g/mol. The van der Waals surface area contributed by atoms with Crippen molar-refractivity contribution in [3.05, 3.63) is 17.6 Å². The van der Waals surface area contributed by atoms with Gasteiger partial charge in [0.25, 0.3) is 0 Å². The third kappa shape index (κ3) is 17.9. The number of aromatic nitrogens is 2. The Labute approximate surface area is 203 Å². The molecule has 1 aromatic rings. The number of rotatable bonds is 8. The van der Waals surface area contributed by atoms with E-state index < -0.39 is 5.60 Å². The van der Waals surface area contributed by atoms with Crippen LogP contribution in [0, 0.1) is 18.8 Å². The molecule has 0 unspecified atom stereocenters. The van der Waals surface area contributed by atoms with Crippen molar-refractivity contribution in [2.45, 2.75) is 93.6 Å². The summed E-state index contributed by atoms with van der Waals surface area (Å²) in [7, 11) is 3.72. The van der Waals surface area contributed by atoms with E-state index in [1.807, 2.05) is 48.6 Å². The highest BCUT2D eigenvalue weighted by Crippen LogP contribution is 2.11. The maximum atomic E-state index is 12.0. The molecule has 0 aliphatic carbocycles. The van der Waals surface area contributed by atoms with E-state index in [1.165, 1.54) is 6.42 Å². The van der Waals surface area contributed by atoms with Crippen molar-refractivity contribution in [1.82, 2.24) is 19.8 Å². The van der Waals surface area contributed by atoms with Crippen molar-refractivity contribution in [3.63, 3.8) is 0 Å². The van der Waals surface area contributed by atoms with Crippen LogP contribution in [-0.4, -0.2) is 65.3 Å². The molecule has 1 aromatic heterocycles. The van der Waals surface area contributed by atoms with Crippen molar-refractivity contribution in [2.75, 3.05) is 39.2 Å². The van der Waals surface area contributed by atoms with Gasteiger partial charge in [0.05, 0.1) is 12.2 Å². The lowest BCUT2D eigenvalue weighted by Gasteiger charge is -2.27. The summed E-state index contributed by atoms with van der Waals surface area (Å²) in [6.45, 7) is 20.0. The molecule has 190 valence electrons. The molecule has 0 aliphatic heterocycles. The number of nitrogens with one attached hydrogen (secondary N) is 1. The van der Waals surface area contributed by atoms with Gasteiger partial charge in [-0.05, 0) is 47.6 Å². The number of hydrogen-bond acceptors (Lipinski definition) is 6. The maximum Gasteiger partial charge on any atom is 0.411 e. The van der Waals surface area contributed by atoms with Crippen molar-refractivity contribution in [3.8, 4) is 11.8 Å². The number of anilines is 1. The van der Waals surface area contributed by atoms with Gasteiger partial charge in [-0.3, -0.25) is 9.80 Å². The van der Waals surface area contributed by atoms with E-state index in [0.717, 1.165) is 49.6 Å². The molecule has 0 radical (unpaired) electrons. The van der Waals surface area contributed by atoms with Crippen LogP contribution in [0.5, 0.6) is 0 Å². The van der Waals surface area contributed by atoms with Gasteiger partial charge in [-0.1, -0.05) is 52.9 Å². The minimum Gasteiger partial charge on any atom is -0.444 e. The molecule has 0 spiro atoms. The first-order valence-electron chi connectivity index (χ1n) is 12.2. The van der Waals surface area contributed by atoms with Crippen molar-refractivity contribution < 1.29 is 9.53 Å². The second kappa shape index (κ2) is 19.2. The molecule has 7 nitrogen and oxygen atoms in total. The minimum atomic E-state index is -0.482. The van der Waals surface area contributed by atoms with Gasteiger partial charge in [0, 0.05) is 32.8 Å². The fourth-order valence-electron chi connectivity index (χ4n) is 2.37. The molecule has 0 saturated heterocycles. The third-order valence-corrected chi connectivity index (χ3v) is 3.68. The zero-order valence-electron chi connectivity index (χ0n) is 23.1. The number of aryl methyl sites for hydroxylation is 1. The summed E-state index contributed by atoms with van der Waals surface area (Å²) in [6, 6.07) is 0. The van der Waals surface area contributed by atoms with Gasteiger partial charge < -0.3 is 10.1 Å². The molecule has 0 fully saturated rings. The standard InChI is InChI=1S/C21H35N5O2.C3H8.C2H6/c1-8-13-22-19-18(15-23-17(2)24-19)12-10-9-11-14-25(6)16-26(7)20(27)28-21(3,4)5;1-3-2;1-2/h15H,8-9,11,13-14,16H2,1-7H3,(H,22,23,24);3H2,1-2H3;1-2H3. The van der Waals surface area contributed by atoms with Crippen molar-refractivity contribution in [2.24, 2.45) is 0 Å². The molecule has 7 heteroatoms. The van der Waals surface area contributed by atoms with Crippen LogP contribution in [0.25, 0.3) is 0 Å². The molecule has 0 atom stereocenters. The van der Waals surface area contributed by atoms with Crippen LogP contribution in [0.2, 0.25) is 0 Å². The summed E-state index contributed by atoms with van der Waals surface area (Å²) in [4.78, 5) is 24.3. The van der Waals surface area contributed by atoms with E-state index in [2.05, 4.69) is 52.8 Å². The molecule has 1 rings (SSSR count). The molecule has 0 aromatic carbocycles. The largest absolute Gasteiger partial charge is 0.444 e. The lowest BCUT2D eigenvalue weighted by Crippen LogP contribution is -2.40. The Bertz CT molecular complexity index is 705. The van der Waals surface area contributed by atoms with Gasteiger partial charge >= 0.3 is 6.09 Å². The first-order chi connectivity index (χ1) is 15.5. The Hall–Kier alpha value is -2.33. The fourth-order valence-corrected chi connectivity index (χ4v) is 2.37. The second-order valence-corrected chi connectivity index (χ2v) is 8.62. The Morgan fingerprint density at radius 3 is 2.33 bits per heavy atom. The Morgan fingerprint density at radius 2 is 1.79 bits per heavy atom. The highest BCUT2D eigenvalue weighted by molar-refractivity contribution is 5.67. The topological polar surface area (TPSA) is 70.6 Å². The molecule has 0 saturated carbocycles. The van der Waals surface area contributed by atoms with Crippen LogP contribution in [0.15, 0.2) is 6.20 Å². The summed E-state index contributed by atoms with van der Waals surface area (Å²) >= 11 is 0. The second-order valence-electron chi connectivity index (χ2n) is 8.62. The lowest BCUT2D eigenvalue weighted by molar-refractivity contribution is 0.0211. The normalized spacial score (nSPS) is 10.1. The van der Waals surface area contributed by atoms with Gasteiger partial charge in [0.2, 0.25) is 0 Å². The van der Waals surface area contributed by atoms with E-state index in [-0.39, 0.29) is 6.09 Å². The van der Waals surface area contributed by atoms with Gasteiger partial charge in [-0.25, -0.2) is 14.8 Å². The molecule has 0 aliphatic rings. The number of carbonyl (C=O) groups is 1. The van der Waals surface area contributed by atoms with Crippen LogP contribution in [-0.2, 0) is 4.74 Å². The fraction of sp³-hybridized carbons (Fsp3) is 0.731.